The molecule has 0 spiro atoms. The first-order valence-corrected chi connectivity index (χ1v) is 10.7. The molecule has 1 aliphatic carbocycles. The van der Waals surface area contributed by atoms with E-state index in [9.17, 15) is 14.7 Å². The molecule has 3 aromatic rings. The summed E-state index contributed by atoms with van der Waals surface area (Å²) in [5.41, 5.74) is 4.51. The Morgan fingerprint density at radius 2 is 1.47 bits per heavy atom. The molecule has 1 heterocycles. The summed E-state index contributed by atoms with van der Waals surface area (Å²) in [6, 6.07) is 24.4. The molecule has 6 nitrogen and oxygen atoms in total. The largest absolute Gasteiger partial charge is 0.488 e. The van der Waals surface area contributed by atoms with Crippen molar-refractivity contribution in [3.63, 3.8) is 0 Å². The zero-order valence-corrected chi connectivity index (χ0v) is 17.4. The predicted molar refractivity (Wildman–Crippen MR) is 119 cm³/mol. The van der Waals surface area contributed by atoms with Gasteiger partial charge in [0.1, 0.15) is 24.5 Å². The number of nitrogens with zero attached hydrogens (tertiary/aromatic N) is 1. The molecule has 162 valence electrons. The van der Waals surface area contributed by atoms with Crippen LogP contribution in [0.1, 0.15) is 23.5 Å². The summed E-state index contributed by atoms with van der Waals surface area (Å²) in [6.07, 6.45) is -0.813. The van der Waals surface area contributed by atoms with Gasteiger partial charge in [0.2, 0.25) is 0 Å². The van der Waals surface area contributed by atoms with Crippen molar-refractivity contribution in [3.8, 4) is 16.9 Å². The molecule has 1 N–H and O–H groups in total. The average Bonchev–Trinajstić information content (AvgIpc) is 3.38. The van der Waals surface area contributed by atoms with Gasteiger partial charge in [-0.05, 0) is 34.4 Å². The van der Waals surface area contributed by atoms with Crippen molar-refractivity contribution in [2.24, 2.45) is 0 Å². The van der Waals surface area contributed by atoms with E-state index in [1.807, 2.05) is 66.7 Å². The molecular formula is C26H23NO5. The van der Waals surface area contributed by atoms with Gasteiger partial charge in [-0.3, -0.25) is 4.90 Å². The molecule has 2 aliphatic rings. The van der Waals surface area contributed by atoms with E-state index in [2.05, 4.69) is 12.1 Å². The SMILES string of the molecule is O=C(O)C1CC(Oc2ccccc2)CN1C(=O)OCC1c2ccccc2-c2ccccc21. The fourth-order valence-electron chi connectivity index (χ4n) is 4.69. The Labute approximate surface area is 186 Å². The van der Waals surface area contributed by atoms with Crippen LogP contribution in [0.3, 0.4) is 0 Å². The molecule has 1 amide bonds. The van der Waals surface area contributed by atoms with Crippen molar-refractivity contribution in [3.05, 3.63) is 90.0 Å². The highest BCUT2D eigenvalue weighted by Crippen LogP contribution is 2.44. The van der Waals surface area contributed by atoms with E-state index in [4.69, 9.17) is 9.47 Å². The second-order valence-corrected chi connectivity index (χ2v) is 8.10. The standard InChI is InChI=1S/C26H23NO5/c28-25(29)24-14-18(32-17-8-2-1-3-9-17)15-27(24)26(30)31-16-23-21-12-6-4-10-19(21)20-11-5-7-13-22(20)23/h1-13,18,23-24H,14-16H2,(H,28,29). The lowest BCUT2D eigenvalue weighted by Crippen LogP contribution is -2.41. The highest BCUT2D eigenvalue weighted by molar-refractivity contribution is 5.81. The van der Waals surface area contributed by atoms with Gasteiger partial charge in [0.05, 0.1) is 6.54 Å². The molecule has 2 atom stereocenters. The molecule has 6 heteroatoms. The van der Waals surface area contributed by atoms with Crippen LogP contribution in [0.15, 0.2) is 78.9 Å². The molecular weight excluding hydrogens is 406 g/mol. The summed E-state index contributed by atoms with van der Waals surface area (Å²) in [4.78, 5) is 26.0. The second-order valence-electron chi connectivity index (χ2n) is 8.10. The number of aliphatic carboxylic acids is 1. The van der Waals surface area contributed by atoms with Gasteiger partial charge in [-0.15, -0.1) is 0 Å². The van der Waals surface area contributed by atoms with Gasteiger partial charge >= 0.3 is 12.1 Å². The maximum atomic E-state index is 12.9. The summed E-state index contributed by atoms with van der Waals surface area (Å²) in [5.74, 6) is -0.484. The Hall–Kier alpha value is -3.80. The number of ether oxygens (including phenoxy) is 2. The Bertz CT molecular complexity index is 1100. The fraction of sp³-hybridized carbons (Fsp3) is 0.231. The maximum absolute atomic E-state index is 12.9. The number of carboxylic acids is 1. The molecule has 0 bridgehead atoms. The van der Waals surface area contributed by atoms with E-state index in [1.165, 1.54) is 4.90 Å². The zero-order chi connectivity index (χ0) is 22.1. The number of hydrogen-bond donors (Lipinski definition) is 1. The van der Waals surface area contributed by atoms with E-state index >= 15 is 0 Å². The number of likely N-dealkylation sites (tertiary alicyclic amines) is 1. The number of fused-ring (bicyclic) bond motifs is 3. The molecule has 1 aliphatic heterocycles. The Kier molecular flexibility index (Phi) is 5.27. The lowest BCUT2D eigenvalue weighted by atomic mass is 9.98. The monoisotopic (exact) mass is 429 g/mol. The van der Waals surface area contributed by atoms with E-state index < -0.39 is 24.2 Å². The number of benzene rings is 3. The maximum Gasteiger partial charge on any atom is 0.410 e. The first-order chi connectivity index (χ1) is 15.6. The van der Waals surface area contributed by atoms with Crippen LogP contribution in [0, 0.1) is 0 Å². The second kappa shape index (κ2) is 8.38. The van der Waals surface area contributed by atoms with Crippen LogP contribution < -0.4 is 4.74 Å². The fourth-order valence-corrected chi connectivity index (χ4v) is 4.69. The van der Waals surface area contributed by atoms with Gasteiger partial charge in [-0.25, -0.2) is 9.59 Å². The van der Waals surface area contributed by atoms with Crippen LogP contribution in [-0.4, -0.2) is 47.4 Å². The smallest absolute Gasteiger partial charge is 0.410 e. The number of rotatable bonds is 5. The van der Waals surface area contributed by atoms with Crippen LogP contribution in [0.5, 0.6) is 5.75 Å². The Balaban J connectivity index is 1.30. The molecule has 5 rings (SSSR count). The number of hydrogen-bond acceptors (Lipinski definition) is 4. The molecule has 1 saturated heterocycles. The molecule has 0 aromatic heterocycles. The van der Waals surface area contributed by atoms with Crippen molar-refractivity contribution < 1.29 is 24.2 Å². The van der Waals surface area contributed by atoms with E-state index in [0.717, 1.165) is 22.3 Å². The van der Waals surface area contributed by atoms with Gasteiger partial charge in [0.25, 0.3) is 0 Å². The van der Waals surface area contributed by atoms with E-state index in [-0.39, 0.29) is 25.5 Å². The third-order valence-corrected chi connectivity index (χ3v) is 6.16. The topological polar surface area (TPSA) is 76.1 Å². The average molecular weight is 429 g/mol. The van der Waals surface area contributed by atoms with Gasteiger partial charge < -0.3 is 14.6 Å². The van der Waals surface area contributed by atoms with Crippen LogP contribution in [0.2, 0.25) is 0 Å². The van der Waals surface area contributed by atoms with Crippen LogP contribution in [0.25, 0.3) is 11.1 Å². The predicted octanol–water partition coefficient (Wildman–Crippen LogP) is 4.54. The number of amides is 1. The molecule has 2 unspecified atom stereocenters. The summed E-state index contributed by atoms with van der Waals surface area (Å²) in [5, 5.41) is 9.65. The zero-order valence-electron chi connectivity index (χ0n) is 17.4. The van der Waals surface area contributed by atoms with Gasteiger partial charge in [-0.2, -0.15) is 0 Å². The third-order valence-electron chi connectivity index (χ3n) is 6.16. The highest BCUT2D eigenvalue weighted by Gasteiger charge is 2.42. The molecule has 1 fully saturated rings. The number of carbonyl (C=O) groups excluding carboxylic acids is 1. The Morgan fingerprint density at radius 3 is 2.09 bits per heavy atom. The number of carboxylic acid groups (broad SMARTS) is 1. The van der Waals surface area contributed by atoms with Crippen molar-refractivity contribution in [1.82, 2.24) is 4.90 Å². The first kappa shape index (κ1) is 20.1. The summed E-state index contributed by atoms with van der Waals surface area (Å²) < 4.78 is 11.6. The Morgan fingerprint density at radius 1 is 0.875 bits per heavy atom. The van der Waals surface area contributed by atoms with E-state index in [0.29, 0.717) is 5.75 Å². The highest BCUT2D eigenvalue weighted by atomic mass is 16.6. The minimum absolute atomic E-state index is 0.0754. The lowest BCUT2D eigenvalue weighted by molar-refractivity contribution is -0.141. The number of carbonyl (C=O) groups is 2. The first-order valence-electron chi connectivity index (χ1n) is 10.7. The van der Waals surface area contributed by atoms with Crippen LogP contribution in [0.4, 0.5) is 4.79 Å². The summed E-state index contributed by atoms with van der Waals surface area (Å²) >= 11 is 0. The molecule has 0 saturated carbocycles. The quantitative estimate of drug-likeness (QED) is 0.644. The lowest BCUT2D eigenvalue weighted by Gasteiger charge is -2.22. The summed E-state index contributed by atoms with van der Waals surface area (Å²) in [7, 11) is 0. The minimum atomic E-state index is -1.06. The van der Waals surface area contributed by atoms with Crippen molar-refractivity contribution in [1.29, 1.82) is 0 Å². The normalized spacial score (nSPS) is 19.3. The van der Waals surface area contributed by atoms with Crippen molar-refractivity contribution in [2.75, 3.05) is 13.2 Å². The molecule has 0 radical (unpaired) electrons. The van der Waals surface area contributed by atoms with Crippen molar-refractivity contribution in [2.45, 2.75) is 24.5 Å². The van der Waals surface area contributed by atoms with Gasteiger partial charge in [-0.1, -0.05) is 66.7 Å². The third kappa shape index (κ3) is 3.68. The minimum Gasteiger partial charge on any atom is -0.488 e. The van der Waals surface area contributed by atoms with E-state index in [1.54, 1.807) is 0 Å². The molecule has 32 heavy (non-hydrogen) atoms. The van der Waals surface area contributed by atoms with Crippen molar-refractivity contribution >= 4 is 12.1 Å². The van der Waals surface area contributed by atoms with Gasteiger partial charge in [0.15, 0.2) is 0 Å². The number of para-hydroxylation sites is 1. The van der Waals surface area contributed by atoms with Crippen LogP contribution >= 0.6 is 0 Å². The molecule has 3 aromatic carbocycles. The van der Waals surface area contributed by atoms with Gasteiger partial charge in [0, 0.05) is 12.3 Å². The van der Waals surface area contributed by atoms with Crippen LogP contribution in [-0.2, 0) is 9.53 Å². The summed E-state index contributed by atoms with van der Waals surface area (Å²) in [6.45, 7) is 0.322.